The van der Waals surface area contributed by atoms with Gasteiger partial charge in [-0.25, -0.2) is 4.68 Å². The van der Waals surface area contributed by atoms with Crippen molar-refractivity contribution in [3.8, 4) is 5.69 Å². The van der Waals surface area contributed by atoms with Crippen LogP contribution in [0.4, 0.5) is 0 Å². The summed E-state index contributed by atoms with van der Waals surface area (Å²) in [7, 11) is 0. The van der Waals surface area contributed by atoms with Crippen molar-refractivity contribution in [2.24, 2.45) is 5.73 Å². The summed E-state index contributed by atoms with van der Waals surface area (Å²) < 4.78 is 2.53. The topological polar surface area (TPSA) is 63.8 Å². The van der Waals surface area contributed by atoms with E-state index in [1.165, 1.54) is 0 Å². The molecule has 2 aromatic rings. The number of H-pyrrole nitrogens is 1. The number of hydrogen-bond donors (Lipinski definition) is 2. The van der Waals surface area contributed by atoms with E-state index in [0.29, 0.717) is 5.56 Å². The first-order chi connectivity index (χ1) is 8.54. The SMILES string of the molecule is CC(C)c1[nH]n(-c2ccc(Br)cc2)c(=O)c1CN. The van der Waals surface area contributed by atoms with Gasteiger partial charge in [0.05, 0.1) is 11.3 Å². The van der Waals surface area contributed by atoms with Crippen LogP contribution >= 0.6 is 15.9 Å². The zero-order chi connectivity index (χ0) is 13.3. The highest BCUT2D eigenvalue weighted by atomic mass is 79.9. The van der Waals surface area contributed by atoms with Gasteiger partial charge in [0.1, 0.15) is 0 Å². The maximum Gasteiger partial charge on any atom is 0.275 e. The monoisotopic (exact) mass is 309 g/mol. The molecule has 0 aliphatic rings. The van der Waals surface area contributed by atoms with E-state index in [1.54, 1.807) is 4.68 Å². The van der Waals surface area contributed by atoms with Crippen molar-refractivity contribution in [3.05, 3.63) is 50.3 Å². The fourth-order valence-corrected chi connectivity index (χ4v) is 2.20. The van der Waals surface area contributed by atoms with Gasteiger partial charge in [0.25, 0.3) is 5.56 Å². The molecule has 0 aliphatic carbocycles. The van der Waals surface area contributed by atoms with Gasteiger partial charge in [-0.05, 0) is 30.2 Å². The predicted molar refractivity (Wildman–Crippen MR) is 76.1 cm³/mol. The van der Waals surface area contributed by atoms with Crippen molar-refractivity contribution < 1.29 is 0 Å². The Morgan fingerprint density at radius 3 is 2.39 bits per heavy atom. The van der Waals surface area contributed by atoms with Crippen LogP contribution in [-0.2, 0) is 6.54 Å². The second-order valence-electron chi connectivity index (χ2n) is 4.48. The molecule has 0 radical (unpaired) electrons. The predicted octanol–water partition coefficient (Wildman–Crippen LogP) is 2.51. The molecule has 2 rings (SSSR count). The standard InChI is InChI=1S/C13H16BrN3O/c1-8(2)12-11(7-15)13(18)17(16-12)10-5-3-9(14)4-6-10/h3-6,8,16H,7,15H2,1-2H3. The maximum atomic E-state index is 12.3. The first kappa shape index (κ1) is 13.1. The van der Waals surface area contributed by atoms with Gasteiger partial charge in [-0.1, -0.05) is 29.8 Å². The number of aromatic nitrogens is 2. The molecule has 1 aromatic heterocycles. The molecular weight excluding hydrogens is 294 g/mol. The summed E-state index contributed by atoms with van der Waals surface area (Å²) in [4.78, 5) is 12.3. The van der Waals surface area contributed by atoms with Crippen molar-refractivity contribution in [3.63, 3.8) is 0 Å². The van der Waals surface area contributed by atoms with Crippen molar-refractivity contribution in [2.75, 3.05) is 0 Å². The maximum absolute atomic E-state index is 12.3. The number of nitrogens with two attached hydrogens (primary N) is 1. The number of nitrogens with one attached hydrogen (secondary N) is 1. The largest absolute Gasteiger partial charge is 0.326 e. The van der Waals surface area contributed by atoms with E-state index < -0.39 is 0 Å². The molecule has 0 atom stereocenters. The molecular formula is C13H16BrN3O. The first-order valence-corrected chi connectivity index (χ1v) is 6.63. The summed E-state index contributed by atoms with van der Waals surface area (Å²) in [6, 6.07) is 7.57. The number of rotatable bonds is 3. The van der Waals surface area contributed by atoms with E-state index in [-0.39, 0.29) is 18.0 Å². The van der Waals surface area contributed by atoms with Crippen LogP contribution in [-0.4, -0.2) is 9.78 Å². The van der Waals surface area contributed by atoms with Crippen LogP contribution in [0.2, 0.25) is 0 Å². The summed E-state index contributed by atoms with van der Waals surface area (Å²) in [5.41, 5.74) is 7.98. The Kier molecular flexibility index (Phi) is 3.73. The zero-order valence-electron chi connectivity index (χ0n) is 10.4. The molecule has 96 valence electrons. The van der Waals surface area contributed by atoms with Crippen LogP contribution in [0, 0.1) is 0 Å². The highest BCUT2D eigenvalue weighted by Crippen LogP contribution is 2.17. The lowest BCUT2D eigenvalue weighted by Gasteiger charge is -2.04. The normalized spacial score (nSPS) is 11.2. The minimum absolute atomic E-state index is 0.0662. The lowest BCUT2D eigenvalue weighted by Crippen LogP contribution is -2.19. The van der Waals surface area contributed by atoms with E-state index in [1.807, 2.05) is 38.1 Å². The second kappa shape index (κ2) is 5.12. The zero-order valence-corrected chi connectivity index (χ0v) is 12.0. The van der Waals surface area contributed by atoms with E-state index in [2.05, 4.69) is 21.0 Å². The van der Waals surface area contributed by atoms with Crippen LogP contribution in [0.25, 0.3) is 5.69 Å². The number of hydrogen-bond acceptors (Lipinski definition) is 2. The van der Waals surface area contributed by atoms with Gasteiger partial charge in [0.2, 0.25) is 0 Å². The molecule has 4 nitrogen and oxygen atoms in total. The number of nitrogens with zero attached hydrogens (tertiary/aromatic N) is 1. The summed E-state index contributed by atoms with van der Waals surface area (Å²) in [6.45, 7) is 4.33. The second-order valence-corrected chi connectivity index (χ2v) is 5.40. The molecule has 0 spiro atoms. The Morgan fingerprint density at radius 1 is 1.33 bits per heavy atom. The molecule has 0 saturated carbocycles. The van der Waals surface area contributed by atoms with Crippen LogP contribution < -0.4 is 11.3 Å². The van der Waals surface area contributed by atoms with E-state index in [0.717, 1.165) is 15.9 Å². The Balaban J connectivity index is 2.59. The van der Waals surface area contributed by atoms with Gasteiger partial charge in [0, 0.05) is 16.7 Å². The van der Waals surface area contributed by atoms with E-state index >= 15 is 0 Å². The Labute approximate surface area is 114 Å². The minimum Gasteiger partial charge on any atom is -0.326 e. The van der Waals surface area contributed by atoms with Gasteiger partial charge in [-0.15, -0.1) is 0 Å². The Hall–Kier alpha value is -1.33. The average Bonchev–Trinajstić information content (AvgIpc) is 2.67. The highest BCUT2D eigenvalue weighted by molar-refractivity contribution is 9.10. The molecule has 18 heavy (non-hydrogen) atoms. The molecule has 0 bridgehead atoms. The lowest BCUT2D eigenvalue weighted by atomic mass is 10.1. The smallest absolute Gasteiger partial charge is 0.275 e. The summed E-state index contributed by atoms with van der Waals surface area (Å²) in [5, 5.41) is 3.15. The molecule has 0 unspecified atom stereocenters. The van der Waals surface area contributed by atoms with Gasteiger partial charge < -0.3 is 5.73 Å². The van der Waals surface area contributed by atoms with E-state index in [9.17, 15) is 4.79 Å². The molecule has 0 amide bonds. The average molecular weight is 310 g/mol. The summed E-state index contributed by atoms with van der Waals surface area (Å²) in [5.74, 6) is 0.243. The third kappa shape index (κ3) is 2.28. The summed E-state index contributed by atoms with van der Waals surface area (Å²) >= 11 is 3.38. The van der Waals surface area contributed by atoms with Crippen LogP contribution in [0.15, 0.2) is 33.5 Å². The number of benzene rings is 1. The quantitative estimate of drug-likeness (QED) is 0.915. The molecule has 1 heterocycles. The Bertz CT molecular complexity index is 596. The van der Waals surface area contributed by atoms with Gasteiger partial charge in [0.15, 0.2) is 0 Å². The molecule has 0 fully saturated rings. The van der Waals surface area contributed by atoms with E-state index in [4.69, 9.17) is 5.73 Å². The lowest BCUT2D eigenvalue weighted by molar-refractivity contribution is 0.756. The molecule has 3 N–H and O–H groups in total. The van der Waals surface area contributed by atoms with Crippen molar-refractivity contribution in [1.29, 1.82) is 0 Å². The van der Waals surface area contributed by atoms with Crippen LogP contribution in [0.3, 0.4) is 0 Å². The first-order valence-electron chi connectivity index (χ1n) is 5.84. The number of aromatic amines is 1. The fraction of sp³-hybridized carbons (Fsp3) is 0.308. The van der Waals surface area contributed by atoms with Crippen LogP contribution in [0.1, 0.15) is 31.0 Å². The highest BCUT2D eigenvalue weighted by Gasteiger charge is 2.15. The van der Waals surface area contributed by atoms with Gasteiger partial charge >= 0.3 is 0 Å². The van der Waals surface area contributed by atoms with Gasteiger partial charge in [-0.3, -0.25) is 9.89 Å². The van der Waals surface area contributed by atoms with Crippen molar-refractivity contribution in [1.82, 2.24) is 9.78 Å². The van der Waals surface area contributed by atoms with Crippen molar-refractivity contribution in [2.45, 2.75) is 26.3 Å². The third-order valence-corrected chi connectivity index (χ3v) is 3.41. The molecule has 5 heteroatoms. The molecule has 1 aromatic carbocycles. The van der Waals surface area contributed by atoms with Gasteiger partial charge in [-0.2, -0.15) is 0 Å². The Morgan fingerprint density at radius 2 is 1.94 bits per heavy atom. The molecule has 0 aliphatic heterocycles. The fourth-order valence-electron chi connectivity index (χ4n) is 1.94. The number of halogens is 1. The van der Waals surface area contributed by atoms with Crippen LogP contribution in [0.5, 0.6) is 0 Å². The third-order valence-electron chi connectivity index (χ3n) is 2.88. The van der Waals surface area contributed by atoms with Crippen molar-refractivity contribution >= 4 is 15.9 Å². The minimum atomic E-state index is -0.0662. The summed E-state index contributed by atoms with van der Waals surface area (Å²) in [6.07, 6.45) is 0. The molecule has 0 saturated heterocycles.